The van der Waals surface area contributed by atoms with Gasteiger partial charge in [-0.15, -0.1) is 0 Å². The first kappa shape index (κ1) is 18.4. The van der Waals surface area contributed by atoms with Gasteiger partial charge >= 0.3 is 5.97 Å². The molecule has 25 heavy (non-hydrogen) atoms. The first-order valence-electron chi connectivity index (χ1n) is 8.00. The van der Waals surface area contributed by atoms with Gasteiger partial charge in [0.2, 0.25) is 5.91 Å². The zero-order chi connectivity index (χ0) is 18.6. The van der Waals surface area contributed by atoms with Gasteiger partial charge in [-0.1, -0.05) is 6.92 Å². The van der Waals surface area contributed by atoms with E-state index in [1.54, 1.807) is 52.0 Å². The molecule has 1 aromatic heterocycles. The molecule has 0 unspecified atom stereocenters. The third-order valence-electron chi connectivity index (χ3n) is 3.91. The molecule has 0 saturated heterocycles. The lowest BCUT2D eigenvalue weighted by Gasteiger charge is -2.06. The molecule has 0 spiro atoms. The SMILES string of the molecule is CCC(=O)Nc1ccc(C(=O)COC(=O)c2c(C)oc(C)c2C)cc1. The van der Waals surface area contributed by atoms with Gasteiger partial charge in [-0.2, -0.15) is 0 Å². The van der Waals surface area contributed by atoms with Crippen molar-refractivity contribution in [2.45, 2.75) is 34.1 Å². The number of ether oxygens (including phenoxy) is 1. The molecule has 6 nitrogen and oxygen atoms in total. The van der Waals surface area contributed by atoms with Crippen molar-refractivity contribution in [3.05, 3.63) is 52.5 Å². The molecule has 1 aromatic carbocycles. The number of hydrogen-bond acceptors (Lipinski definition) is 5. The highest BCUT2D eigenvalue weighted by atomic mass is 16.5. The second-order valence-electron chi connectivity index (χ2n) is 5.69. The lowest BCUT2D eigenvalue weighted by atomic mass is 10.1. The van der Waals surface area contributed by atoms with Gasteiger partial charge in [0, 0.05) is 23.2 Å². The largest absolute Gasteiger partial charge is 0.465 e. The van der Waals surface area contributed by atoms with E-state index in [-0.39, 0.29) is 18.3 Å². The van der Waals surface area contributed by atoms with E-state index < -0.39 is 5.97 Å². The molecule has 0 aliphatic rings. The Hall–Kier alpha value is -2.89. The van der Waals surface area contributed by atoms with Gasteiger partial charge < -0.3 is 14.5 Å². The molecule has 132 valence electrons. The molecule has 0 bridgehead atoms. The standard InChI is InChI=1S/C19H21NO5/c1-5-17(22)20-15-8-6-14(7-9-15)16(21)10-24-19(23)18-11(2)12(3)25-13(18)4/h6-9H,5,10H2,1-4H3,(H,20,22). The van der Waals surface area contributed by atoms with Crippen LogP contribution in [0.5, 0.6) is 0 Å². The molecular formula is C19H21NO5. The number of ketones is 1. The van der Waals surface area contributed by atoms with Crippen LogP contribution in [0.3, 0.4) is 0 Å². The van der Waals surface area contributed by atoms with Gasteiger partial charge in [-0.25, -0.2) is 4.79 Å². The Kier molecular flexibility index (Phi) is 5.75. The maximum absolute atomic E-state index is 12.2. The molecule has 1 heterocycles. The maximum Gasteiger partial charge on any atom is 0.342 e. The van der Waals surface area contributed by atoms with Gasteiger partial charge in [-0.3, -0.25) is 9.59 Å². The maximum atomic E-state index is 12.2. The molecule has 1 amide bonds. The lowest BCUT2D eigenvalue weighted by Crippen LogP contribution is -2.15. The fraction of sp³-hybridized carbons (Fsp3) is 0.316. The predicted octanol–water partition coefficient (Wildman–Crippen LogP) is 3.59. The molecule has 0 aliphatic carbocycles. The van der Waals surface area contributed by atoms with Crippen molar-refractivity contribution in [3.8, 4) is 0 Å². The average Bonchev–Trinajstić information content (AvgIpc) is 2.85. The van der Waals surface area contributed by atoms with E-state index in [1.807, 2.05) is 0 Å². The number of amides is 1. The number of carbonyl (C=O) groups excluding carboxylic acids is 3. The Morgan fingerprint density at radius 3 is 2.20 bits per heavy atom. The molecule has 0 aliphatic heterocycles. The van der Waals surface area contributed by atoms with Crippen molar-refractivity contribution >= 4 is 23.3 Å². The molecule has 0 fully saturated rings. The van der Waals surface area contributed by atoms with Crippen LogP contribution in [0.15, 0.2) is 28.7 Å². The summed E-state index contributed by atoms with van der Waals surface area (Å²) in [5, 5.41) is 2.70. The van der Waals surface area contributed by atoms with Crippen molar-refractivity contribution in [3.63, 3.8) is 0 Å². The zero-order valence-corrected chi connectivity index (χ0v) is 14.8. The number of hydrogen-bond donors (Lipinski definition) is 1. The van der Waals surface area contributed by atoms with E-state index in [9.17, 15) is 14.4 Å². The fourth-order valence-corrected chi connectivity index (χ4v) is 2.37. The van der Waals surface area contributed by atoms with E-state index in [4.69, 9.17) is 9.15 Å². The van der Waals surface area contributed by atoms with Gasteiger partial charge in [0.1, 0.15) is 17.1 Å². The van der Waals surface area contributed by atoms with Crippen LogP contribution in [0.1, 0.15) is 51.1 Å². The number of carbonyl (C=O) groups is 3. The van der Waals surface area contributed by atoms with Crippen molar-refractivity contribution in [2.75, 3.05) is 11.9 Å². The van der Waals surface area contributed by atoms with Gasteiger partial charge in [0.05, 0.1) is 0 Å². The third kappa shape index (κ3) is 4.35. The van der Waals surface area contributed by atoms with Crippen molar-refractivity contribution < 1.29 is 23.5 Å². The summed E-state index contributed by atoms with van der Waals surface area (Å²) in [4.78, 5) is 35.6. The Morgan fingerprint density at radius 2 is 1.68 bits per heavy atom. The van der Waals surface area contributed by atoms with E-state index in [0.717, 1.165) is 0 Å². The number of esters is 1. The predicted molar refractivity (Wildman–Crippen MR) is 92.9 cm³/mol. The normalized spacial score (nSPS) is 10.4. The molecule has 6 heteroatoms. The van der Waals surface area contributed by atoms with Crippen molar-refractivity contribution in [1.29, 1.82) is 0 Å². The Morgan fingerprint density at radius 1 is 1.04 bits per heavy atom. The number of Topliss-reactive ketones (excluding diaryl/α,β-unsaturated/α-hetero) is 1. The van der Waals surface area contributed by atoms with Gasteiger partial charge in [0.15, 0.2) is 12.4 Å². The van der Waals surface area contributed by atoms with Crippen LogP contribution in [0.2, 0.25) is 0 Å². The Balaban J connectivity index is 1.98. The van der Waals surface area contributed by atoms with Crippen LogP contribution >= 0.6 is 0 Å². The summed E-state index contributed by atoms with van der Waals surface area (Å²) in [6.07, 6.45) is 0.378. The molecule has 0 radical (unpaired) electrons. The molecule has 0 atom stereocenters. The zero-order valence-electron chi connectivity index (χ0n) is 14.8. The minimum Gasteiger partial charge on any atom is -0.465 e. The summed E-state index contributed by atoms with van der Waals surface area (Å²) >= 11 is 0. The first-order valence-corrected chi connectivity index (χ1v) is 8.00. The highest BCUT2D eigenvalue weighted by Crippen LogP contribution is 2.21. The number of rotatable bonds is 6. The quantitative estimate of drug-likeness (QED) is 0.640. The number of aryl methyl sites for hydroxylation is 2. The average molecular weight is 343 g/mol. The second kappa shape index (κ2) is 7.79. The summed E-state index contributed by atoms with van der Waals surface area (Å²) in [5.74, 6) is 0.127. The molecule has 1 N–H and O–H groups in total. The highest BCUT2D eigenvalue weighted by molar-refractivity contribution is 6.00. The van der Waals surface area contributed by atoms with Crippen LogP contribution in [0.4, 0.5) is 5.69 Å². The summed E-state index contributed by atoms with van der Waals surface area (Å²) in [5.41, 5.74) is 2.09. The van der Waals surface area contributed by atoms with E-state index in [2.05, 4.69) is 5.32 Å². The van der Waals surface area contributed by atoms with Crippen LogP contribution in [-0.4, -0.2) is 24.3 Å². The Labute approximate surface area is 146 Å². The monoisotopic (exact) mass is 343 g/mol. The van der Waals surface area contributed by atoms with Crippen LogP contribution in [-0.2, 0) is 9.53 Å². The fourth-order valence-electron chi connectivity index (χ4n) is 2.37. The van der Waals surface area contributed by atoms with Gasteiger partial charge in [0.25, 0.3) is 0 Å². The van der Waals surface area contributed by atoms with Crippen molar-refractivity contribution in [2.24, 2.45) is 0 Å². The molecule has 2 rings (SSSR count). The molecule has 2 aromatic rings. The first-order chi connectivity index (χ1) is 11.8. The highest BCUT2D eigenvalue weighted by Gasteiger charge is 2.21. The summed E-state index contributed by atoms with van der Waals surface area (Å²) in [6.45, 7) is 6.62. The summed E-state index contributed by atoms with van der Waals surface area (Å²) < 4.78 is 10.5. The number of anilines is 1. The smallest absolute Gasteiger partial charge is 0.342 e. The number of furan rings is 1. The number of benzene rings is 1. The van der Waals surface area contributed by atoms with E-state index in [0.29, 0.717) is 40.3 Å². The van der Waals surface area contributed by atoms with Gasteiger partial charge in [-0.05, 0) is 45.0 Å². The topological polar surface area (TPSA) is 85.6 Å². The van der Waals surface area contributed by atoms with Crippen LogP contribution in [0, 0.1) is 20.8 Å². The minimum atomic E-state index is -0.577. The van der Waals surface area contributed by atoms with E-state index >= 15 is 0 Å². The molecular weight excluding hydrogens is 322 g/mol. The van der Waals surface area contributed by atoms with Crippen LogP contribution in [0.25, 0.3) is 0 Å². The third-order valence-corrected chi connectivity index (χ3v) is 3.91. The summed E-state index contributed by atoms with van der Waals surface area (Å²) in [6, 6.07) is 6.44. The minimum absolute atomic E-state index is 0.103. The molecule has 0 saturated carbocycles. The Bertz CT molecular complexity index is 802. The second-order valence-corrected chi connectivity index (χ2v) is 5.69. The van der Waals surface area contributed by atoms with E-state index in [1.165, 1.54) is 0 Å². The lowest BCUT2D eigenvalue weighted by molar-refractivity contribution is -0.115. The number of nitrogens with one attached hydrogen (secondary N) is 1. The van der Waals surface area contributed by atoms with Crippen LogP contribution < -0.4 is 5.32 Å². The summed E-state index contributed by atoms with van der Waals surface area (Å²) in [7, 11) is 0. The van der Waals surface area contributed by atoms with Crippen molar-refractivity contribution in [1.82, 2.24) is 0 Å².